The van der Waals surface area contributed by atoms with E-state index in [1.165, 1.54) is 6.20 Å². The predicted molar refractivity (Wildman–Crippen MR) is 94.3 cm³/mol. The molecule has 25 heavy (non-hydrogen) atoms. The molecule has 0 radical (unpaired) electrons. The molecule has 1 amide bonds. The van der Waals surface area contributed by atoms with Gasteiger partial charge in [0.2, 0.25) is 5.91 Å². The molecule has 1 aliphatic heterocycles. The van der Waals surface area contributed by atoms with Gasteiger partial charge in [-0.2, -0.15) is 0 Å². The number of rotatable bonds is 3. The second-order valence-corrected chi connectivity index (χ2v) is 6.18. The molecule has 2 aromatic heterocycles. The molecule has 4 rings (SSSR count). The van der Waals surface area contributed by atoms with Crippen LogP contribution in [0.25, 0.3) is 11.4 Å². The summed E-state index contributed by atoms with van der Waals surface area (Å²) in [5, 5.41) is 9.03. The maximum atomic E-state index is 11.2. The van der Waals surface area contributed by atoms with Gasteiger partial charge in [0.15, 0.2) is 11.6 Å². The van der Waals surface area contributed by atoms with Crippen LogP contribution in [0, 0.1) is 0 Å². The number of hydrogen-bond donors (Lipinski definition) is 1. The molecule has 0 unspecified atom stereocenters. The summed E-state index contributed by atoms with van der Waals surface area (Å²) in [6.45, 7) is 1.98. The fourth-order valence-corrected chi connectivity index (χ4v) is 3.22. The summed E-state index contributed by atoms with van der Waals surface area (Å²) in [6.07, 6.45) is 1.44. The molecular weight excluding hydrogens is 340 g/mol. The van der Waals surface area contributed by atoms with Gasteiger partial charge in [-0.15, -0.1) is 10.2 Å². The molecule has 0 saturated carbocycles. The van der Waals surface area contributed by atoms with E-state index in [4.69, 9.17) is 17.3 Å². The Morgan fingerprint density at radius 3 is 2.68 bits per heavy atom. The number of nitrogens with zero attached hydrogens (tertiary/aromatic N) is 5. The van der Waals surface area contributed by atoms with Crippen molar-refractivity contribution in [3.8, 4) is 11.4 Å². The highest BCUT2D eigenvalue weighted by Crippen LogP contribution is 2.28. The Bertz CT molecular complexity index is 940. The fourth-order valence-electron chi connectivity index (χ4n) is 2.94. The molecule has 126 valence electrons. The van der Waals surface area contributed by atoms with Crippen molar-refractivity contribution in [2.24, 2.45) is 5.73 Å². The van der Waals surface area contributed by atoms with Crippen molar-refractivity contribution in [2.45, 2.75) is 13.1 Å². The zero-order valence-corrected chi connectivity index (χ0v) is 14.0. The average molecular weight is 355 g/mol. The van der Waals surface area contributed by atoms with Crippen LogP contribution < -0.4 is 10.6 Å². The SMILES string of the molecule is NC(=O)c1cnc(N2CCn3c(nnc3-c3ccccc3)C2)c(Cl)c1. The number of nitrogens with two attached hydrogens (primary N) is 1. The van der Waals surface area contributed by atoms with Gasteiger partial charge in [-0.05, 0) is 6.07 Å². The second kappa shape index (κ2) is 6.18. The van der Waals surface area contributed by atoms with Gasteiger partial charge in [-0.1, -0.05) is 41.9 Å². The quantitative estimate of drug-likeness (QED) is 0.778. The molecule has 0 saturated heterocycles. The number of benzene rings is 1. The highest BCUT2D eigenvalue weighted by molar-refractivity contribution is 6.33. The zero-order valence-electron chi connectivity index (χ0n) is 13.3. The minimum atomic E-state index is -0.549. The standard InChI is InChI=1S/C17H15ClN6O/c18-13-8-12(15(19)25)9-20-17(13)23-6-7-24-14(10-23)21-22-16(24)11-4-2-1-3-5-11/h1-5,8-9H,6-7,10H2,(H2,19,25). The average Bonchev–Trinajstić information content (AvgIpc) is 3.05. The molecule has 1 aromatic carbocycles. The van der Waals surface area contributed by atoms with Crippen molar-refractivity contribution in [1.29, 1.82) is 0 Å². The van der Waals surface area contributed by atoms with Gasteiger partial charge >= 0.3 is 0 Å². The molecule has 3 heterocycles. The molecule has 2 N–H and O–H groups in total. The minimum absolute atomic E-state index is 0.292. The van der Waals surface area contributed by atoms with Crippen LogP contribution in [0.3, 0.4) is 0 Å². The minimum Gasteiger partial charge on any atom is -0.366 e. The Hall–Kier alpha value is -2.93. The number of primary amides is 1. The van der Waals surface area contributed by atoms with E-state index >= 15 is 0 Å². The largest absolute Gasteiger partial charge is 0.366 e. The summed E-state index contributed by atoms with van der Waals surface area (Å²) >= 11 is 6.28. The van der Waals surface area contributed by atoms with Crippen molar-refractivity contribution in [2.75, 3.05) is 11.4 Å². The summed E-state index contributed by atoms with van der Waals surface area (Å²) in [6, 6.07) is 11.5. The molecule has 7 nitrogen and oxygen atoms in total. The summed E-state index contributed by atoms with van der Waals surface area (Å²) in [5.74, 6) is 1.77. The first-order valence-electron chi connectivity index (χ1n) is 7.81. The van der Waals surface area contributed by atoms with Gasteiger partial charge in [0, 0.05) is 24.8 Å². The third-order valence-corrected chi connectivity index (χ3v) is 4.47. The second-order valence-electron chi connectivity index (χ2n) is 5.77. The lowest BCUT2D eigenvalue weighted by Crippen LogP contribution is -2.34. The van der Waals surface area contributed by atoms with E-state index in [1.54, 1.807) is 6.07 Å². The number of halogens is 1. The smallest absolute Gasteiger partial charge is 0.250 e. The normalized spacial score (nSPS) is 13.6. The van der Waals surface area contributed by atoms with E-state index in [0.717, 1.165) is 23.8 Å². The van der Waals surface area contributed by atoms with Crippen LogP contribution in [-0.4, -0.2) is 32.2 Å². The van der Waals surface area contributed by atoms with Crippen LogP contribution in [0.5, 0.6) is 0 Å². The van der Waals surface area contributed by atoms with E-state index in [9.17, 15) is 4.79 Å². The van der Waals surface area contributed by atoms with Gasteiger partial charge in [-0.3, -0.25) is 4.79 Å². The fraction of sp³-hybridized carbons (Fsp3) is 0.176. The van der Waals surface area contributed by atoms with Crippen molar-refractivity contribution in [3.05, 3.63) is 59.0 Å². The van der Waals surface area contributed by atoms with Gasteiger partial charge in [-0.25, -0.2) is 4.98 Å². The van der Waals surface area contributed by atoms with Crippen molar-refractivity contribution >= 4 is 23.3 Å². The molecule has 0 aliphatic carbocycles. The summed E-state index contributed by atoms with van der Waals surface area (Å²) in [4.78, 5) is 17.5. The van der Waals surface area contributed by atoms with E-state index in [-0.39, 0.29) is 0 Å². The Morgan fingerprint density at radius 1 is 1.16 bits per heavy atom. The lowest BCUT2D eigenvalue weighted by molar-refractivity contribution is 0.1000. The highest BCUT2D eigenvalue weighted by atomic mass is 35.5. The molecule has 0 bridgehead atoms. The van der Waals surface area contributed by atoms with Crippen molar-refractivity contribution < 1.29 is 4.79 Å². The molecule has 8 heteroatoms. The number of carbonyl (C=O) groups excluding carboxylic acids is 1. The molecule has 3 aromatic rings. The Balaban J connectivity index is 1.62. The number of pyridine rings is 1. The Labute approximate surface area is 149 Å². The summed E-state index contributed by atoms with van der Waals surface area (Å²) in [7, 11) is 0. The molecular formula is C17H15ClN6O. The van der Waals surface area contributed by atoms with Gasteiger partial charge in [0.05, 0.1) is 17.1 Å². The Kier molecular flexibility index (Phi) is 3.85. The maximum Gasteiger partial charge on any atom is 0.250 e. The monoisotopic (exact) mass is 354 g/mol. The van der Waals surface area contributed by atoms with Crippen molar-refractivity contribution in [3.63, 3.8) is 0 Å². The lowest BCUT2D eigenvalue weighted by Gasteiger charge is -2.29. The van der Waals surface area contributed by atoms with Gasteiger partial charge in [0.25, 0.3) is 0 Å². The first kappa shape index (κ1) is 15.6. The first-order chi connectivity index (χ1) is 12.1. The molecule has 0 fully saturated rings. The first-order valence-corrected chi connectivity index (χ1v) is 8.19. The van der Waals surface area contributed by atoms with Crippen LogP contribution >= 0.6 is 11.6 Å². The van der Waals surface area contributed by atoms with Crippen LogP contribution in [0.2, 0.25) is 5.02 Å². The number of hydrogen-bond acceptors (Lipinski definition) is 5. The number of carbonyl (C=O) groups is 1. The molecule has 1 aliphatic rings. The number of fused-ring (bicyclic) bond motifs is 1. The van der Waals surface area contributed by atoms with E-state index in [1.807, 2.05) is 35.2 Å². The van der Waals surface area contributed by atoms with E-state index in [0.29, 0.717) is 29.5 Å². The van der Waals surface area contributed by atoms with Gasteiger partial charge in [0.1, 0.15) is 5.82 Å². The molecule has 0 atom stereocenters. The van der Waals surface area contributed by atoms with Crippen LogP contribution in [-0.2, 0) is 13.1 Å². The number of anilines is 1. The van der Waals surface area contributed by atoms with Crippen molar-refractivity contribution in [1.82, 2.24) is 19.7 Å². The van der Waals surface area contributed by atoms with E-state index in [2.05, 4.69) is 19.7 Å². The zero-order chi connectivity index (χ0) is 17.4. The van der Waals surface area contributed by atoms with Gasteiger partial charge < -0.3 is 15.2 Å². The van der Waals surface area contributed by atoms with Crippen LogP contribution in [0.4, 0.5) is 5.82 Å². The predicted octanol–water partition coefficient (Wildman–Crippen LogP) is 2.11. The number of aromatic nitrogens is 4. The maximum absolute atomic E-state index is 11.2. The topological polar surface area (TPSA) is 89.9 Å². The third kappa shape index (κ3) is 2.83. The van der Waals surface area contributed by atoms with Crippen LogP contribution in [0.1, 0.15) is 16.2 Å². The summed E-state index contributed by atoms with van der Waals surface area (Å²) < 4.78 is 2.11. The molecule has 0 spiro atoms. The summed E-state index contributed by atoms with van der Waals surface area (Å²) in [5.41, 5.74) is 6.59. The van der Waals surface area contributed by atoms with Crippen LogP contribution in [0.15, 0.2) is 42.6 Å². The van der Waals surface area contributed by atoms with E-state index < -0.39 is 5.91 Å². The third-order valence-electron chi connectivity index (χ3n) is 4.19. The highest BCUT2D eigenvalue weighted by Gasteiger charge is 2.24. The Morgan fingerprint density at radius 2 is 1.96 bits per heavy atom. The number of amides is 1. The lowest BCUT2D eigenvalue weighted by atomic mass is 10.2.